The molecule has 0 radical (unpaired) electrons. The highest BCUT2D eigenvalue weighted by molar-refractivity contribution is 7.09. The third kappa shape index (κ3) is 2.06. The minimum atomic E-state index is -0.108. The highest BCUT2D eigenvalue weighted by Crippen LogP contribution is 2.38. The van der Waals surface area contributed by atoms with Gasteiger partial charge in [-0.25, -0.2) is 4.98 Å². The summed E-state index contributed by atoms with van der Waals surface area (Å²) in [5, 5.41) is 6.51. The number of thiazole rings is 1. The second kappa shape index (κ2) is 4.63. The van der Waals surface area contributed by atoms with E-state index in [1.165, 1.54) is 0 Å². The highest BCUT2D eigenvalue weighted by Gasteiger charge is 2.46. The lowest BCUT2D eigenvalue weighted by atomic mass is 9.79. The van der Waals surface area contributed by atoms with Gasteiger partial charge in [-0.2, -0.15) is 0 Å². The number of carbonyl (C=O) groups excluding carboxylic acids is 1. The normalized spacial score (nSPS) is 28.3. The van der Waals surface area contributed by atoms with Gasteiger partial charge in [-0.1, -0.05) is 0 Å². The Morgan fingerprint density at radius 1 is 1.56 bits per heavy atom. The maximum Gasteiger partial charge on any atom is 0.230 e. The third-order valence-electron chi connectivity index (χ3n) is 4.09. The van der Waals surface area contributed by atoms with E-state index >= 15 is 0 Å². The molecule has 18 heavy (non-hydrogen) atoms. The van der Waals surface area contributed by atoms with Crippen LogP contribution >= 0.6 is 11.3 Å². The van der Waals surface area contributed by atoms with Crippen LogP contribution in [-0.2, 0) is 11.3 Å². The van der Waals surface area contributed by atoms with Crippen molar-refractivity contribution in [3.05, 3.63) is 16.1 Å². The first kappa shape index (κ1) is 12.1. The zero-order valence-corrected chi connectivity index (χ0v) is 11.6. The molecule has 0 aliphatic carbocycles. The number of amides is 1. The first-order valence-electron chi connectivity index (χ1n) is 6.61. The zero-order valence-electron chi connectivity index (χ0n) is 10.7. The summed E-state index contributed by atoms with van der Waals surface area (Å²) in [7, 11) is 0. The summed E-state index contributed by atoms with van der Waals surface area (Å²) in [6, 6.07) is 0. The molecule has 2 saturated heterocycles. The lowest BCUT2D eigenvalue weighted by molar-refractivity contribution is -0.137. The summed E-state index contributed by atoms with van der Waals surface area (Å²) < 4.78 is 0. The summed E-state index contributed by atoms with van der Waals surface area (Å²) in [5.41, 5.74) is 0.926. The number of likely N-dealkylation sites (tertiary alicyclic amines) is 1. The SMILES string of the molecule is Cc1nc(CN2CC[C@@]3(CCCNC3)C2=O)cs1. The fourth-order valence-electron chi connectivity index (χ4n) is 3.08. The Kier molecular flexibility index (Phi) is 3.11. The molecule has 1 amide bonds. The minimum absolute atomic E-state index is 0.108. The van der Waals surface area contributed by atoms with Gasteiger partial charge in [0.15, 0.2) is 0 Å². The van der Waals surface area contributed by atoms with Gasteiger partial charge in [-0.15, -0.1) is 11.3 Å². The first-order chi connectivity index (χ1) is 8.70. The van der Waals surface area contributed by atoms with Gasteiger partial charge in [-0.05, 0) is 32.7 Å². The highest BCUT2D eigenvalue weighted by atomic mass is 32.1. The molecule has 2 fully saturated rings. The van der Waals surface area contributed by atoms with Crippen molar-refractivity contribution >= 4 is 17.2 Å². The van der Waals surface area contributed by atoms with Crippen LogP contribution in [0.5, 0.6) is 0 Å². The fraction of sp³-hybridized carbons (Fsp3) is 0.692. The molecule has 2 aliphatic heterocycles. The van der Waals surface area contributed by atoms with E-state index in [4.69, 9.17) is 0 Å². The van der Waals surface area contributed by atoms with Crippen LogP contribution < -0.4 is 5.32 Å². The van der Waals surface area contributed by atoms with Gasteiger partial charge >= 0.3 is 0 Å². The molecule has 5 heteroatoms. The molecule has 3 rings (SSSR count). The summed E-state index contributed by atoms with van der Waals surface area (Å²) in [5.74, 6) is 0.334. The Bertz CT molecular complexity index is 451. The summed E-state index contributed by atoms with van der Waals surface area (Å²) in [6.45, 7) is 5.49. The smallest absolute Gasteiger partial charge is 0.230 e. The molecule has 1 aromatic heterocycles. The average Bonchev–Trinajstić information content (AvgIpc) is 2.91. The Balaban J connectivity index is 1.70. The Hall–Kier alpha value is -0.940. The second-order valence-corrected chi connectivity index (χ2v) is 6.46. The van der Waals surface area contributed by atoms with Crippen molar-refractivity contribution in [2.45, 2.75) is 32.7 Å². The Morgan fingerprint density at radius 2 is 2.44 bits per heavy atom. The van der Waals surface area contributed by atoms with E-state index < -0.39 is 0 Å². The molecule has 4 nitrogen and oxygen atoms in total. The maximum atomic E-state index is 12.6. The fourth-order valence-corrected chi connectivity index (χ4v) is 3.69. The monoisotopic (exact) mass is 265 g/mol. The van der Waals surface area contributed by atoms with E-state index in [1.54, 1.807) is 11.3 Å². The predicted molar refractivity (Wildman–Crippen MR) is 71.4 cm³/mol. The molecule has 98 valence electrons. The van der Waals surface area contributed by atoms with Crippen LogP contribution in [0.2, 0.25) is 0 Å². The van der Waals surface area contributed by atoms with Crippen LogP contribution in [-0.4, -0.2) is 35.4 Å². The van der Waals surface area contributed by atoms with Crippen molar-refractivity contribution in [3.8, 4) is 0 Å². The molecule has 1 spiro atoms. The molecule has 0 bridgehead atoms. The van der Waals surface area contributed by atoms with Crippen molar-refractivity contribution in [1.29, 1.82) is 0 Å². The molecule has 1 aromatic rings. The van der Waals surface area contributed by atoms with E-state index in [0.29, 0.717) is 12.5 Å². The molecule has 0 aromatic carbocycles. The van der Waals surface area contributed by atoms with E-state index in [2.05, 4.69) is 15.7 Å². The van der Waals surface area contributed by atoms with Crippen molar-refractivity contribution in [3.63, 3.8) is 0 Å². The number of piperidine rings is 1. The standard InChI is InChI=1S/C13H19N3OS/c1-10-15-11(8-18-10)7-16-6-4-13(12(16)17)3-2-5-14-9-13/h8,14H,2-7,9H2,1H3/t13-/m1/s1. The minimum Gasteiger partial charge on any atom is -0.336 e. The quantitative estimate of drug-likeness (QED) is 0.882. The van der Waals surface area contributed by atoms with Crippen LogP contribution in [0.1, 0.15) is 30.0 Å². The van der Waals surface area contributed by atoms with Crippen molar-refractivity contribution in [2.24, 2.45) is 5.41 Å². The number of nitrogens with zero attached hydrogens (tertiary/aromatic N) is 2. The van der Waals surface area contributed by atoms with Crippen molar-refractivity contribution in [1.82, 2.24) is 15.2 Å². The summed E-state index contributed by atoms with van der Waals surface area (Å²) >= 11 is 1.65. The maximum absolute atomic E-state index is 12.6. The van der Waals surface area contributed by atoms with Gasteiger partial charge in [0.1, 0.15) is 0 Å². The van der Waals surface area contributed by atoms with Crippen molar-refractivity contribution in [2.75, 3.05) is 19.6 Å². The summed E-state index contributed by atoms with van der Waals surface area (Å²) in [6.07, 6.45) is 3.17. The first-order valence-corrected chi connectivity index (χ1v) is 7.49. The topological polar surface area (TPSA) is 45.2 Å². The molecule has 2 aliphatic rings. The summed E-state index contributed by atoms with van der Waals surface area (Å²) in [4.78, 5) is 19.0. The number of carbonyl (C=O) groups is 1. The number of hydrogen-bond donors (Lipinski definition) is 1. The third-order valence-corrected chi connectivity index (χ3v) is 4.92. The number of nitrogens with one attached hydrogen (secondary N) is 1. The lowest BCUT2D eigenvalue weighted by Gasteiger charge is -2.32. The van der Waals surface area contributed by atoms with Gasteiger partial charge < -0.3 is 10.2 Å². The van der Waals surface area contributed by atoms with E-state index in [1.807, 2.05) is 11.8 Å². The van der Waals surface area contributed by atoms with E-state index in [0.717, 1.165) is 49.6 Å². The van der Waals surface area contributed by atoms with Gasteiger partial charge in [0, 0.05) is 18.5 Å². The average molecular weight is 265 g/mol. The molecule has 3 heterocycles. The van der Waals surface area contributed by atoms with Crippen molar-refractivity contribution < 1.29 is 4.79 Å². The number of aryl methyl sites for hydroxylation is 1. The van der Waals surface area contributed by atoms with Crippen LogP contribution in [0.25, 0.3) is 0 Å². The Morgan fingerprint density at radius 3 is 3.11 bits per heavy atom. The molecule has 0 saturated carbocycles. The van der Waals surface area contributed by atoms with Crippen LogP contribution in [0.4, 0.5) is 0 Å². The largest absolute Gasteiger partial charge is 0.336 e. The zero-order chi connectivity index (χ0) is 12.6. The van der Waals surface area contributed by atoms with Crippen LogP contribution in [0, 0.1) is 12.3 Å². The van der Waals surface area contributed by atoms with Gasteiger partial charge in [0.25, 0.3) is 0 Å². The molecule has 0 unspecified atom stereocenters. The van der Waals surface area contributed by atoms with Crippen LogP contribution in [0.15, 0.2) is 5.38 Å². The number of hydrogen-bond acceptors (Lipinski definition) is 4. The number of aromatic nitrogens is 1. The van der Waals surface area contributed by atoms with Gasteiger partial charge in [0.05, 0.1) is 22.7 Å². The second-order valence-electron chi connectivity index (χ2n) is 5.40. The molecular formula is C13H19N3OS. The van der Waals surface area contributed by atoms with E-state index in [-0.39, 0.29) is 5.41 Å². The molecule has 1 N–H and O–H groups in total. The molecule has 1 atom stereocenters. The van der Waals surface area contributed by atoms with Gasteiger partial charge in [-0.3, -0.25) is 4.79 Å². The molecular weight excluding hydrogens is 246 g/mol. The number of rotatable bonds is 2. The van der Waals surface area contributed by atoms with Crippen LogP contribution in [0.3, 0.4) is 0 Å². The predicted octanol–water partition coefficient (Wildman–Crippen LogP) is 1.55. The van der Waals surface area contributed by atoms with E-state index in [9.17, 15) is 4.79 Å². The Labute approximate surface area is 111 Å². The van der Waals surface area contributed by atoms with Gasteiger partial charge in [0.2, 0.25) is 5.91 Å². The lowest BCUT2D eigenvalue weighted by Crippen LogP contribution is -2.45.